The van der Waals surface area contributed by atoms with Gasteiger partial charge in [0.25, 0.3) is 11.8 Å². The zero-order chi connectivity index (χ0) is 21.8. The van der Waals surface area contributed by atoms with Crippen LogP contribution in [0.4, 0.5) is 4.39 Å². The van der Waals surface area contributed by atoms with E-state index in [-0.39, 0.29) is 11.5 Å². The summed E-state index contributed by atoms with van der Waals surface area (Å²) in [5.41, 5.74) is 0.315. The van der Waals surface area contributed by atoms with Crippen LogP contribution in [0.15, 0.2) is 42.6 Å². The van der Waals surface area contributed by atoms with E-state index in [9.17, 15) is 19.1 Å². The largest absolute Gasteiger partial charge is 0.380 e. The van der Waals surface area contributed by atoms with Gasteiger partial charge in [-0.2, -0.15) is 0 Å². The van der Waals surface area contributed by atoms with Crippen molar-refractivity contribution in [3.05, 3.63) is 59.1 Å². The van der Waals surface area contributed by atoms with Gasteiger partial charge in [-0.3, -0.25) is 14.0 Å². The van der Waals surface area contributed by atoms with Gasteiger partial charge in [-0.25, -0.2) is 9.37 Å². The van der Waals surface area contributed by atoms with Gasteiger partial charge in [-0.15, -0.1) is 0 Å². The molecule has 160 valence electrons. The van der Waals surface area contributed by atoms with Crippen LogP contribution in [-0.2, 0) is 4.79 Å². The molecule has 5 rings (SSSR count). The number of benzene rings is 1. The van der Waals surface area contributed by atoms with Crippen molar-refractivity contribution in [2.45, 2.75) is 18.4 Å². The number of amides is 2. The minimum absolute atomic E-state index is 0.0377. The first kappa shape index (κ1) is 20.0. The number of imidazole rings is 1. The van der Waals surface area contributed by atoms with Gasteiger partial charge in [0.15, 0.2) is 0 Å². The molecule has 1 aromatic carbocycles. The number of hydrogen-bond donors (Lipinski definition) is 1. The Morgan fingerprint density at radius 3 is 2.42 bits per heavy atom. The fraction of sp³-hybridized carbons (Fsp3) is 0.318. The van der Waals surface area contributed by atoms with Gasteiger partial charge >= 0.3 is 0 Å². The SMILES string of the molecule is O=C(c1ccc(-c2nc3ccccn3c2Cl)cc1F)N1CCN(C(=O)C2(O)CC2)CC1. The topological polar surface area (TPSA) is 78.2 Å². The molecule has 2 fully saturated rings. The van der Waals surface area contributed by atoms with E-state index in [1.54, 1.807) is 27.6 Å². The summed E-state index contributed by atoms with van der Waals surface area (Å²) in [6.07, 6.45) is 2.74. The molecule has 3 aromatic rings. The maximum absolute atomic E-state index is 14.9. The van der Waals surface area contributed by atoms with Gasteiger partial charge in [-0.05, 0) is 37.1 Å². The van der Waals surface area contributed by atoms with Gasteiger partial charge < -0.3 is 14.9 Å². The first-order chi connectivity index (χ1) is 14.9. The molecule has 1 aliphatic heterocycles. The van der Waals surface area contributed by atoms with Crippen molar-refractivity contribution in [1.82, 2.24) is 19.2 Å². The van der Waals surface area contributed by atoms with Gasteiger partial charge in [0, 0.05) is 37.9 Å². The average Bonchev–Trinajstić information content (AvgIpc) is 3.46. The number of rotatable bonds is 3. The van der Waals surface area contributed by atoms with E-state index < -0.39 is 17.3 Å². The molecule has 1 N–H and O–H groups in total. The van der Waals surface area contributed by atoms with Crippen LogP contribution in [0.5, 0.6) is 0 Å². The van der Waals surface area contributed by atoms with Crippen molar-refractivity contribution in [3.8, 4) is 11.3 Å². The molecule has 0 bridgehead atoms. The lowest BCUT2D eigenvalue weighted by atomic mass is 10.1. The highest BCUT2D eigenvalue weighted by molar-refractivity contribution is 6.32. The monoisotopic (exact) mass is 442 g/mol. The van der Waals surface area contributed by atoms with Crippen LogP contribution in [0.1, 0.15) is 23.2 Å². The summed E-state index contributed by atoms with van der Waals surface area (Å²) in [6, 6.07) is 9.80. The summed E-state index contributed by atoms with van der Waals surface area (Å²) in [5, 5.41) is 10.4. The fourth-order valence-corrected chi connectivity index (χ4v) is 4.19. The Bertz CT molecular complexity index is 1200. The molecule has 0 unspecified atom stereocenters. The van der Waals surface area contributed by atoms with Crippen molar-refractivity contribution in [2.24, 2.45) is 0 Å². The average molecular weight is 443 g/mol. The van der Waals surface area contributed by atoms with E-state index in [1.807, 2.05) is 12.1 Å². The Labute approximate surface area is 182 Å². The second-order valence-corrected chi connectivity index (χ2v) is 8.35. The number of nitrogens with zero attached hydrogens (tertiary/aromatic N) is 4. The van der Waals surface area contributed by atoms with Gasteiger partial charge in [0.1, 0.15) is 27.9 Å². The molecule has 2 amide bonds. The second kappa shape index (κ2) is 7.32. The number of fused-ring (bicyclic) bond motifs is 1. The summed E-state index contributed by atoms with van der Waals surface area (Å²) in [4.78, 5) is 32.6. The molecule has 3 heterocycles. The van der Waals surface area contributed by atoms with E-state index in [0.29, 0.717) is 61.1 Å². The lowest BCUT2D eigenvalue weighted by molar-refractivity contribution is -0.143. The molecule has 1 saturated heterocycles. The smallest absolute Gasteiger partial charge is 0.256 e. The number of halogens is 2. The van der Waals surface area contributed by atoms with Crippen LogP contribution in [0, 0.1) is 5.82 Å². The van der Waals surface area contributed by atoms with Gasteiger partial charge in [0.2, 0.25) is 0 Å². The molecule has 1 saturated carbocycles. The molecule has 0 atom stereocenters. The van der Waals surface area contributed by atoms with E-state index in [0.717, 1.165) is 0 Å². The highest BCUT2D eigenvalue weighted by Gasteiger charge is 2.50. The minimum atomic E-state index is -1.21. The van der Waals surface area contributed by atoms with Crippen LogP contribution >= 0.6 is 11.6 Å². The molecular weight excluding hydrogens is 423 g/mol. The number of hydrogen-bond acceptors (Lipinski definition) is 4. The number of aliphatic hydroxyl groups is 1. The predicted octanol–water partition coefficient (Wildman–Crippen LogP) is 2.60. The summed E-state index contributed by atoms with van der Waals surface area (Å²) in [6.45, 7) is 1.23. The minimum Gasteiger partial charge on any atom is -0.380 e. The van der Waals surface area contributed by atoms with E-state index in [2.05, 4.69) is 4.98 Å². The molecule has 7 nitrogen and oxygen atoms in total. The molecule has 0 radical (unpaired) electrons. The zero-order valence-corrected chi connectivity index (χ0v) is 17.3. The first-order valence-electron chi connectivity index (χ1n) is 10.1. The van der Waals surface area contributed by atoms with Crippen molar-refractivity contribution < 1.29 is 19.1 Å². The summed E-state index contributed by atoms with van der Waals surface area (Å²) in [5.74, 6) is -1.36. The molecule has 0 spiro atoms. The standard InChI is InChI=1S/C22H20ClFN4O3/c23-19-18(25-17-3-1-2-8-28(17)19)14-4-5-15(16(24)13-14)20(29)26-9-11-27(12-10-26)21(30)22(31)6-7-22/h1-5,8,13,31H,6-7,9-12H2. The van der Waals surface area contributed by atoms with Crippen molar-refractivity contribution >= 4 is 29.1 Å². The molecule has 31 heavy (non-hydrogen) atoms. The Morgan fingerprint density at radius 1 is 1.06 bits per heavy atom. The van der Waals surface area contributed by atoms with Crippen molar-refractivity contribution in [2.75, 3.05) is 26.2 Å². The van der Waals surface area contributed by atoms with Crippen LogP contribution in [0.25, 0.3) is 16.9 Å². The fourth-order valence-electron chi connectivity index (χ4n) is 3.90. The second-order valence-electron chi connectivity index (χ2n) is 7.99. The van der Waals surface area contributed by atoms with E-state index in [4.69, 9.17) is 11.6 Å². The van der Waals surface area contributed by atoms with Crippen LogP contribution in [0.3, 0.4) is 0 Å². The first-order valence-corrected chi connectivity index (χ1v) is 10.5. The summed E-state index contributed by atoms with van der Waals surface area (Å²) >= 11 is 6.40. The normalized spacial score (nSPS) is 17.8. The summed E-state index contributed by atoms with van der Waals surface area (Å²) in [7, 11) is 0. The lowest BCUT2D eigenvalue weighted by Gasteiger charge is -2.35. The number of carbonyl (C=O) groups excluding carboxylic acids is 2. The zero-order valence-electron chi connectivity index (χ0n) is 16.6. The third-order valence-corrected chi connectivity index (χ3v) is 6.28. The Morgan fingerprint density at radius 2 is 1.77 bits per heavy atom. The molecule has 2 aliphatic rings. The highest BCUT2D eigenvalue weighted by Crippen LogP contribution is 2.37. The van der Waals surface area contributed by atoms with Crippen LogP contribution < -0.4 is 0 Å². The van der Waals surface area contributed by atoms with Gasteiger partial charge in [-0.1, -0.05) is 23.7 Å². The number of carbonyl (C=O) groups is 2. The van der Waals surface area contributed by atoms with Crippen molar-refractivity contribution in [3.63, 3.8) is 0 Å². The Hall–Kier alpha value is -2.97. The Balaban J connectivity index is 1.32. The quantitative estimate of drug-likeness (QED) is 0.676. The van der Waals surface area contributed by atoms with Crippen LogP contribution in [-0.4, -0.2) is 67.9 Å². The highest BCUT2D eigenvalue weighted by atomic mass is 35.5. The molecule has 9 heteroatoms. The molecular formula is C22H20ClFN4O3. The number of pyridine rings is 1. The third-order valence-electron chi connectivity index (χ3n) is 5.92. The van der Waals surface area contributed by atoms with E-state index in [1.165, 1.54) is 17.0 Å². The number of piperazine rings is 1. The predicted molar refractivity (Wildman–Crippen MR) is 112 cm³/mol. The third kappa shape index (κ3) is 3.45. The lowest BCUT2D eigenvalue weighted by Crippen LogP contribution is -2.53. The summed E-state index contributed by atoms with van der Waals surface area (Å²) < 4.78 is 16.6. The maximum Gasteiger partial charge on any atom is 0.256 e. The number of aromatic nitrogens is 2. The molecule has 2 aromatic heterocycles. The van der Waals surface area contributed by atoms with Crippen LogP contribution in [0.2, 0.25) is 5.15 Å². The maximum atomic E-state index is 14.9. The Kier molecular flexibility index (Phi) is 4.71. The van der Waals surface area contributed by atoms with Crippen molar-refractivity contribution in [1.29, 1.82) is 0 Å². The van der Waals surface area contributed by atoms with E-state index >= 15 is 0 Å². The van der Waals surface area contributed by atoms with Gasteiger partial charge in [0.05, 0.1) is 5.56 Å². The molecule has 1 aliphatic carbocycles.